The predicted octanol–water partition coefficient (Wildman–Crippen LogP) is 1.75. The summed E-state index contributed by atoms with van der Waals surface area (Å²) in [6, 6.07) is 0.195. The Bertz CT molecular complexity index is 294. The third kappa shape index (κ3) is 5.59. The van der Waals surface area contributed by atoms with Gasteiger partial charge in [0.25, 0.3) is 0 Å². The summed E-state index contributed by atoms with van der Waals surface area (Å²) in [6.07, 6.45) is 6.94. The maximum atomic E-state index is 11.0. The predicted molar refractivity (Wildman–Crippen MR) is 75.4 cm³/mol. The minimum atomic E-state index is -0.782. The normalized spacial score (nSPS) is 17.7. The summed E-state index contributed by atoms with van der Waals surface area (Å²) in [7, 11) is 0. The van der Waals surface area contributed by atoms with Gasteiger partial charge in [-0.15, -0.1) is 0 Å². The Labute approximate surface area is 115 Å². The molecule has 2 atom stereocenters. The summed E-state index contributed by atoms with van der Waals surface area (Å²) < 4.78 is 0. The van der Waals surface area contributed by atoms with Gasteiger partial charge in [-0.05, 0) is 18.8 Å². The second-order valence-corrected chi connectivity index (χ2v) is 5.19. The van der Waals surface area contributed by atoms with Gasteiger partial charge in [-0.1, -0.05) is 26.2 Å². The van der Waals surface area contributed by atoms with Crippen LogP contribution in [0.3, 0.4) is 0 Å². The van der Waals surface area contributed by atoms with Gasteiger partial charge in [0.05, 0.1) is 19.3 Å². The number of rotatable bonds is 10. The second kappa shape index (κ2) is 8.91. The van der Waals surface area contributed by atoms with Crippen molar-refractivity contribution in [1.29, 1.82) is 0 Å². The Kier molecular flexibility index (Phi) is 7.48. The lowest BCUT2D eigenvalue weighted by atomic mass is 9.88. The molecule has 1 aliphatic heterocycles. The van der Waals surface area contributed by atoms with E-state index in [1.54, 1.807) is 0 Å². The molecule has 0 aromatic rings. The van der Waals surface area contributed by atoms with Gasteiger partial charge in [0.15, 0.2) is 0 Å². The van der Waals surface area contributed by atoms with E-state index >= 15 is 0 Å². The Balaban J connectivity index is 2.65. The number of carbonyl (C=O) groups is 1. The topological polar surface area (TPSA) is 73.1 Å². The molecule has 5 heteroatoms. The first-order valence-electron chi connectivity index (χ1n) is 7.27. The number of aliphatic carboxylic acids is 1. The van der Waals surface area contributed by atoms with E-state index in [2.05, 4.69) is 16.8 Å². The van der Waals surface area contributed by atoms with Crippen molar-refractivity contribution >= 4 is 12.3 Å². The lowest BCUT2D eigenvalue weighted by Crippen LogP contribution is -2.40. The lowest BCUT2D eigenvalue weighted by molar-refractivity contribution is -0.138. The van der Waals surface area contributed by atoms with Crippen molar-refractivity contribution in [3.63, 3.8) is 0 Å². The fourth-order valence-electron chi connectivity index (χ4n) is 2.74. The fourth-order valence-corrected chi connectivity index (χ4v) is 2.74. The number of carboxylic acids is 1. The minimum Gasteiger partial charge on any atom is -0.481 e. The van der Waals surface area contributed by atoms with Crippen LogP contribution in [0.15, 0.2) is 4.99 Å². The first-order valence-corrected chi connectivity index (χ1v) is 7.27. The molecule has 110 valence electrons. The van der Waals surface area contributed by atoms with Gasteiger partial charge in [0.2, 0.25) is 0 Å². The van der Waals surface area contributed by atoms with E-state index in [0.29, 0.717) is 6.42 Å². The van der Waals surface area contributed by atoms with Gasteiger partial charge in [0, 0.05) is 19.2 Å². The quantitative estimate of drug-likeness (QED) is 0.593. The van der Waals surface area contributed by atoms with Crippen molar-refractivity contribution < 1.29 is 15.0 Å². The molecule has 0 amide bonds. The molecule has 0 spiro atoms. The number of nitrogens with zero attached hydrogens (tertiary/aromatic N) is 2. The number of unbranched alkanes of at least 4 members (excludes halogenated alkanes) is 2. The zero-order valence-corrected chi connectivity index (χ0v) is 11.8. The molecule has 0 saturated heterocycles. The van der Waals surface area contributed by atoms with E-state index in [1.165, 1.54) is 6.42 Å². The fraction of sp³-hybridized carbons (Fsp3) is 0.857. The van der Waals surface area contributed by atoms with Crippen molar-refractivity contribution in [3.05, 3.63) is 0 Å². The van der Waals surface area contributed by atoms with Crippen LogP contribution in [-0.4, -0.2) is 53.2 Å². The standard InChI is InChI=1S/C14H26N2O3/c1-2-3-4-5-13(16-8-7-15-11-16)12(6-9-17)10-14(18)19/h11-13,17H,2-10H2,1H3,(H,18,19)/t12-,13-/m0/s1. The van der Waals surface area contributed by atoms with E-state index in [0.717, 1.165) is 32.4 Å². The third-order valence-electron chi connectivity index (χ3n) is 3.73. The summed E-state index contributed by atoms with van der Waals surface area (Å²) in [4.78, 5) is 17.4. The molecule has 0 radical (unpaired) electrons. The van der Waals surface area contributed by atoms with Crippen LogP contribution in [0.5, 0.6) is 0 Å². The van der Waals surface area contributed by atoms with Crippen LogP contribution < -0.4 is 0 Å². The third-order valence-corrected chi connectivity index (χ3v) is 3.73. The lowest BCUT2D eigenvalue weighted by Gasteiger charge is -2.33. The molecule has 2 N–H and O–H groups in total. The molecule has 19 heavy (non-hydrogen) atoms. The average molecular weight is 270 g/mol. The maximum Gasteiger partial charge on any atom is 0.303 e. The molecule has 5 nitrogen and oxygen atoms in total. The summed E-state index contributed by atoms with van der Waals surface area (Å²) in [5.74, 6) is -0.779. The summed E-state index contributed by atoms with van der Waals surface area (Å²) in [6.45, 7) is 3.88. The van der Waals surface area contributed by atoms with Gasteiger partial charge >= 0.3 is 5.97 Å². The van der Waals surface area contributed by atoms with Crippen molar-refractivity contribution in [2.75, 3.05) is 19.7 Å². The number of aliphatic imine (C=N–C) groups is 1. The Morgan fingerprint density at radius 1 is 1.42 bits per heavy atom. The molecular weight excluding hydrogens is 244 g/mol. The zero-order valence-electron chi connectivity index (χ0n) is 11.8. The number of hydrogen-bond donors (Lipinski definition) is 2. The van der Waals surface area contributed by atoms with Crippen LogP contribution in [0, 0.1) is 5.92 Å². The maximum absolute atomic E-state index is 11.0. The van der Waals surface area contributed by atoms with Crippen LogP contribution in [-0.2, 0) is 4.79 Å². The monoisotopic (exact) mass is 270 g/mol. The summed E-state index contributed by atoms with van der Waals surface area (Å²) in [5, 5.41) is 18.2. The average Bonchev–Trinajstić information content (AvgIpc) is 2.87. The molecular formula is C14H26N2O3. The van der Waals surface area contributed by atoms with Gasteiger partial charge in [-0.25, -0.2) is 0 Å². The molecule has 0 saturated carbocycles. The van der Waals surface area contributed by atoms with Crippen LogP contribution in [0.4, 0.5) is 0 Å². The van der Waals surface area contributed by atoms with Crippen LogP contribution >= 0.6 is 0 Å². The van der Waals surface area contributed by atoms with E-state index in [9.17, 15) is 4.79 Å². The molecule has 0 aromatic heterocycles. The van der Waals surface area contributed by atoms with Crippen LogP contribution in [0.2, 0.25) is 0 Å². The largest absolute Gasteiger partial charge is 0.481 e. The molecule has 0 unspecified atom stereocenters. The molecule has 1 heterocycles. The molecule has 1 aliphatic rings. The van der Waals surface area contributed by atoms with E-state index in [4.69, 9.17) is 10.2 Å². The van der Waals surface area contributed by atoms with Gasteiger partial charge in [0.1, 0.15) is 0 Å². The number of hydrogen-bond acceptors (Lipinski definition) is 4. The SMILES string of the molecule is CCCCC[C@@H]([C@@H](CCO)CC(=O)O)N1C=NCC1. The highest BCUT2D eigenvalue weighted by atomic mass is 16.4. The highest BCUT2D eigenvalue weighted by molar-refractivity contribution is 5.67. The Hall–Kier alpha value is -1.10. The van der Waals surface area contributed by atoms with Crippen LogP contribution in [0.25, 0.3) is 0 Å². The van der Waals surface area contributed by atoms with Gasteiger partial charge in [-0.3, -0.25) is 9.79 Å². The van der Waals surface area contributed by atoms with E-state index < -0.39 is 5.97 Å². The minimum absolute atomic E-state index is 0.00362. The first kappa shape index (κ1) is 16.0. The molecule has 0 aliphatic carbocycles. The molecule has 0 bridgehead atoms. The highest BCUT2D eigenvalue weighted by Crippen LogP contribution is 2.24. The summed E-state index contributed by atoms with van der Waals surface area (Å²) >= 11 is 0. The number of aliphatic hydroxyl groups is 1. The van der Waals surface area contributed by atoms with Crippen molar-refractivity contribution in [2.45, 2.75) is 51.5 Å². The second-order valence-electron chi connectivity index (χ2n) is 5.19. The van der Waals surface area contributed by atoms with Crippen molar-refractivity contribution in [1.82, 2.24) is 4.90 Å². The number of carboxylic acid groups (broad SMARTS) is 1. The zero-order chi connectivity index (χ0) is 14.1. The molecule has 0 fully saturated rings. The smallest absolute Gasteiger partial charge is 0.303 e. The molecule has 0 aromatic carbocycles. The summed E-state index contributed by atoms with van der Waals surface area (Å²) in [5.41, 5.74) is 0. The van der Waals surface area contributed by atoms with E-state index in [-0.39, 0.29) is 25.0 Å². The molecule has 1 rings (SSSR count). The van der Waals surface area contributed by atoms with Gasteiger partial charge in [-0.2, -0.15) is 0 Å². The van der Waals surface area contributed by atoms with E-state index in [1.807, 2.05) is 6.34 Å². The van der Waals surface area contributed by atoms with Crippen LogP contribution in [0.1, 0.15) is 45.4 Å². The van der Waals surface area contributed by atoms with Gasteiger partial charge < -0.3 is 15.1 Å². The first-order chi connectivity index (χ1) is 9.19. The Morgan fingerprint density at radius 3 is 2.74 bits per heavy atom. The Morgan fingerprint density at radius 2 is 2.21 bits per heavy atom. The number of aliphatic hydroxyl groups excluding tert-OH is 1. The van der Waals surface area contributed by atoms with Crippen molar-refractivity contribution in [2.24, 2.45) is 10.9 Å². The highest BCUT2D eigenvalue weighted by Gasteiger charge is 2.28. The van der Waals surface area contributed by atoms with Crippen molar-refractivity contribution in [3.8, 4) is 0 Å².